The Labute approximate surface area is 83.8 Å². The summed E-state index contributed by atoms with van der Waals surface area (Å²) >= 11 is 0. The maximum atomic E-state index is 11.6. The highest BCUT2D eigenvalue weighted by atomic mass is 19.1. The summed E-state index contributed by atoms with van der Waals surface area (Å²) in [6.45, 7) is 0. The molecular formula is C6H5BFN2O5. The van der Waals surface area contributed by atoms with Crippen LogP contribution in [0, 0.1) is 0 Å². The van der Waals surface area contributed by atoms with E-state index >= 15 is 0 Å². The van der Waals surface area contributed by atoms with Crippen LogP contribution in [0.25, 0.3) is 0 Å². The van der Waals surface area contributed by atoms with Gasteiger partial charge in [0.2, 0.25) is 0 Å². The van der Waals surface area contributed by atoms with Gasteiger partial charge in [-0.25, -0.2) is 4.79 Å². The van der Waals surface area contributed by atoms with Crippen molar-refractivity contribution in [1.82, 2.24) is 10.3 Å². The van der Waals surface area contributed by atoms with E-state index in [0.29, 0.717) is 7.41 Å². The molecule has 0 saturated carbocycles. The fraction of sp³-hybridized carbons (Fsp3) is 0.333. The van der Waals surface area contributed by atoms with Gasteiger partial charge in [-0.3, -0.25) is 14.4 Å². The van der Waals surface area contributed by atoms with E-state index in [1.54, 1.807) is 0 Å². The van der Waals surface area contributed by atoms with Crippen molar-refractivity contribution in [2.75, 3.05) is 0 Å². The van der Waals surface area contributed by atoms with Gasteiger partial charge in [-0.15, -0.1) is 9.45 Å². The zero-order valence-electron chi connectivity index (χ0n) is 7.36. The Kier molecular flexibility index (Phi) is 3.37. The minimum absolute atomic E-state index is 0.0401. The van der Waals surface area contributed by atoms with Gasteiger partial charge in [0.25, 0.3) is 11.8 Å². The Morgan fingerprint density at radius 2 is 1.87 bits per heavy atom. The van der Waals surface area contributed by atoms with Crippen molar-refractivity contribution < 1.29 is 28.4 Å². The predicted molar refractivity (Wildman–Crippen MR) is 43.0 cm³/mol. The van der Waals surface area contributed by atoms with Crippen LogP contribution in [0.3, 0.4) is 0 Å². The van der Waals surface area contributed by atoms with Gasteiger partial charge in [-0.1, -0.05) is 0 Å². The molecule has 1 aliphatic heterocycles. The molecular weight excluding hydrogens is 210 g/mol. The van der Waals surface area contributed by atoms with Crippen LogP contribution in [-0.4, -0.2) is 36.3 Å². The van der Waals surface area contributed by atoms with Gasteiger partial charge in [0.1, 0.15) is 0 Å². The molecule has 1 radical (unpaired) electrons. The highest BCUT2D eigenvalue weighted by Crippen LogP contribution is 2.11. The van der Waals surface area contributed by atoms with Crippen LogP contribution in [0.2, 0.25) is 0 Å². The van der Waals surface area contributed by atoms with Crippen molar-refractivity contribution in [3.05, 3.63) is 0 Å². The largest absolute Gasteiger partial charge is 0.398 e. The van der Waals surface area contributed by atoms with Crippen LogP contribution < -0.4 is 5.23 Å². The zero-order chi connectivity index (χ0) is 11.4. The molecule has 1 rings (SSSR count). The number of hydrogen-bond acceptors (Lipinski definition) is 5. The van der Waals surface area contributed by atoms with Crippen LogP contribution in [0.5, 0.6) is 0 Å². The van der Waals surface area contributed by atoms with E-state index in [1.807, 2.05) is 0 Å². The minimum atomic E-state index is -1.95. The molecule has 15 heavy (non-hydrogen) atoms. The average Bonchev–Trinajstić information content (AvgIpc) is 2.46. The number of imide groups is 1. The van der Waals surface area contributed by atoms with Gasteiger partial charge in [0.15, 0.2) is 0 Å². The molecule has 0 bridgehead atoms. The normalized spacial score (nSPS) is 15.1. The fourth-order valence-corrected chi connectivity index (χ4v) is 0.890. The second-order valence-corrected chi connectivity index (χ2v) is 2.55. The molecule has 0 aliphatic carbocycles. The first-order chi connectivity index (χ1) is 7.00. The van der Waals surface area contributed by atoms with Crippen molar-refractivity contribution in [3.63, 3.8) is 0 Å². The summed E-state index contributed by atoms with van der Waals surface area (Å²) in [6.07, 6.45) is -2.03. The van der Waals surface area contributed by atoms with Gasteiger partial charge >= 0.3 is 19.4 Å². The van der Waals surface area contributed by atoms with Crippen LogP contribution in [0.4, 0.5) is 14.0 Å². The second-order valence-electron chi connectivity index (χ2n) is 2.55. The predicted octanol–water partition coefficient (Wildman–Crippen LogP) is -0.515. The fourth-order valence-electron chi connectivity index (χ4n) is 0.890. The smallest absolute Gasteiger partial charge is 0.364 e. The van der Waals surface area contributed by atoms with E-state index in [4.69, 9.17) is 0 Å². The number of halogens is 1. The summed E-state index contributed by atoms with van der Waals surface area (Å²) in [5, 5.41) is 1.68. The lowest BCUT2D eigenvalue weighted by molar-refractivity contribution is -0.169. The molecule has 0 aromatic heterocycles. The molecule has 1 N–H and O–H groups in total. The molecule has 0 aromatic carbocycles. The van der Waals surface area contributed by atoms with Crippen LogP contribution in [-0.2, 0) is 14.4 Å². The summed E-state index contributed by atoms with van der Waals surface area (Å²) in [4.78, 5) is 46.6. The van der Waals surface area contributed by atoms with E-state index < -0.39 is 23.8 Å². The lowest BCUT2D eigenvalue weighted by Crippen LogP contribution is -2.38. The van der Waals surface area contributed by atoms with E-state index in [-0.39, 0.29) is 17.9 Å². The van der Waals surface area contributed by atoms with Gasteiger partial charge in [-0.2, -0.15) is 0 Å². The van der Waals surface area contributed by atoms with Crippen molar-refractivity contribution in [3.8, 4) is 0 Å². The molecule has 1 heterocycles. The van der Waals surface area contributed by atoms with Crippen molar-refractivity contribution in [2.24, 2.45) is 0 Å². The van der Waals surface area contributed by atoms with Gasteiger partial charge in [-0.05, 0) is 0 Å². The first-order valence-corrected chi connectivity index (χ1v) is 3.87. The van der Waals surface area contributed by atoms with Gasteiger partial charge < -0.3 is 10.1 Å². The highest BCUT2D eigenvalue weighted by molar-refractivity contribution is 6.71. The SMILES string of the molecule is O=C(F)N[B]C(=O)ON1C(=O)CCC1=O. The summed E-state index contributed by atoms with van der Waals surface area (Å²) in [5.74, 6) is -2.54. The number of hydrogen-bond donors (Lipinski definition) is 1. The number of nitrogens with zero attached hydrogens (tertiary/aromatic N) is 1. The van der Waals surface area contributed by atoms with Crippen molar-refractivity contribution >= 4 is 31.3 Å². The van der Waals surface area contributed by atoms with Crippen molar-refractivity contribution in [2.45, 2.75) is 12.8 Å². The molecule has 1 aliphatic rings. The molecule has 0 unspecified atom stereocenters. The van der Waals surface area contributed by atoms with Crippen molar-refractivity contribution in [1.29, 1.82) is 0 Å². The topological polar surface area (TPSA) is 92.8 Å². The zero-order valence-corrected chi connectivity index (χ0v) is 7.36. The maximum Gasteiger partial charge on any atom is 0.398 e. The van der Waals surface area contributed by atoms with E-state index in [1.165, 1.54) is 5.23 Å². The molecule has 0 aromatic rings. The Balaban J connectivity index is 2.40. The highest BCUT2D eigenvalue weighted by Gasteiger charge is 2.32. The standard InChI is InChI=1S/C6H5BFN2O5/c8-6(14)9-7-5(13)15-10-3(11)1-2-4(10)12/h1-2H2,(H,9,14). The van der Waals surface area contributed by atoms with E-state index in [9.17, 15) is 23.6 Å². The maximum absolute atomic E-state index is 11.6. The third-order valence-corrected chi connectivity index (χ3v) is 1.49. The van der Waals surface area contributed by atoms with E-state index in [2.05, 4.69) is 4.84 Å². The Morgan fingerprint density at radius 1 is 1.33 bits per heavy atom. The number of amides is 3. The Hall–Kier alpha value is -1.93. The van der Waals surface area contributed by atoms with Crippen LogP contribution >= 0.6 is 0 Å². The third kappa shape index (κ3) is 3.04. The van der Waals surface area contributed by atoms with Crippen LogP contribution in [0.15, 0.2) is 0 Å². The molecule has 7 nitrogen and oxygen atoms in total. The van der Waals surface area contributed by atoms with Gasteiger partial charge in [0, 0.05) is 12.8 Å². The Morgan fingerprint density at radius 3 is 2.33 bits per heavy atom. The first kappa shape index (κ1) is 11.2. The monoisotopic (exact) mass is 215 g/mol. The third-order valence-electron chi connectivity index (χ3n) is 1.49. The molecule has 9 heteroatoms. The molecule has 1 fully saturated rings. The van der Waals surface area contributed by atoms with E-state index in [0.717, 1.165) is 0 Å². The first-order valence-electron chi connectivity index (χ1n) is 3.87. The van der Waals surface area contributed by atoms with Crippen LogP contribution in [0.1, 0.15) is 12.8 Å². The summed E-state index contributed by atoms with van der Waals surface area (Å²) in [5.41, 5.74) is 0. The molecule has 3 amide bonds. The summed E-state index contributed by atoms with van der Waals surface area (Å²) in [7, 11) is 0.362. The second kappa shape index (κ2) is 4.53. The summed E-state index contributed by atoms with van der Waals surface area (Å²) < 4.78 is 11.6. The number of hydroxylamine groups is 2. The quantitative estimate of drug-likeness (QED) is 0.296. The molecule has 0 atom stereocenters. The average molecular weight is 215 g/mol. The van der Waals surface area contributed by atoms with Gasteiger partial charge in [0.05, 0.1) is 0 Å². The number of rotatable bonds is 3. The lowest BCUT2D eigenvalue weighted by atomic mass is 9.97. The number of nitrogens with one attached hydrogen (secondary N) is 1. The Bertz CT molecular complexity index is 317. The molecule has 0 spiro atoms. The minimum Gasteiger partial charge on any atom is -0.364 e. The molecule has 1 saturated heterocycles. The lowest BCUT2D eigenvalue weighted by Gasteiger charge is -2.11. The molecule has 79 valence electrons. The number of carbonyl (C=O) groups is 4. The number of carbonyl (C=O) groups excluding carboxylic acids is 4. The summed E-state index contributed by atoms with van der Waals surface area (Å²) in [6, 6.07) is 0.